The Labute approximate surface area is 127 Å². The van der Waals surface area contributed by atoms with Crippen molar-refractivity contribution in [3.63, 3.8) is 0 Å². The fourth-order valence-electron chi connectivity index (χ4n) is 1.56. The third-order valence-corrected chi connectivity index (χ3v) is 3.58. The summed E-state index contributed by atoms with van der Waals surface area (Å²) in [7, 11) is 0. The van der Waals surface area contributed by atoms with E-state index in [1.807, 2.05) is 18.2 Å². The first-order chi connectivity index (χ1) is 9.99. The normalized spacial score (nSPS) is 11.5. The number of nitrogens with one attached hydrogen (secondary N) is 2. The fraction of sp³-hybridized carbons (Fsp3) is 0.357. The second-order valence-electron chi connectivity index (χ2n) is 4.30. The van der Waals surface area contributed by atoms with Gasteiger partial charge in [-0.1, -0.05) is 30.3 Å². The Hall–Kier alpha value is -2.02. The molecule has 0 aliphatic carbocycles. The van der Waals surface area contributed by atoms with Gasteiger partial charge in [0.1, 0.15) is 0 Å². The second kappa shape index (κ2) is 9.02. The maximum Gasteiger partial charge on any atom is 0.336 e. The van der Waals surface area contributed by atoms with Crippen molar-refractivity contribution < 1.29 is 19.5 Å². The SMILES string of the molecule is CC(=O)NCCS[C@H](NC(=O)Cc1ccccc1)C(=O)O. The zero-order chi connectivity index (χ0) is 15.7. The van der Waals surface area contributed by atoms with E-state index in [-0.39, 0.29) is 18.2 Å². The van der Waals surface area contributed by atoms with Crippen LogP contribution in [0.3, 0.4) is 0 Å². The van der Waals surface area contributed by atoms with Gasteiger partial charge in [-0.15, -0.1) is 11.8 Å². The zero-order valence-electron chi connectivity index (χ0n) is 11.7. The second-order valence-corrected chi connectivity index (χ2v) is 5.51. The van der Waals surface area contributed by atoms with E-state index in [1.54, 1.807) is 12.1 Å². The lowest BCUT2D eigenvalue weighted by molar-refractivity contribution is -0.139. The van der Waals surface area contributed by atoms with Crippen molar-refractivity contribution in [2.24, 2.45) is 0 Å². The Kier molecular flexibility index (Phi) is 7.31. The Morgan fingerprint density at radius 1 is 1.24 bits per heavy atom. The predicted molar refractivity (Wildman–Crippen MR) is 80.9 cm³/mol. The minimum Gasteiger partial charge on any atom is -0.479 e. The van der Waals surface area contributed by atoms with Crippen LogP contribution in [0, 0.1) is 0 Å². The van der Waals surface area contributed by atoms with E-state index in [0.717, 1.165) is 17.3 Å². The van der Waals surface area contributed by atoms with E-state index in [2.05, 4.69) is 10.6 Å². The van der Waals surface area contributed by atoms with Crippen LogP contribution in [0.2, 0.25) is 0 Å². The summed E-state index contributed by atoms with van der Waals surface area (Å²) in [5, 5.41) is 13.1. The standard InChI is InChI=1S/C14H18N2O4S/c1-10(17)15-7-8-21-13(14(19)20)16-12(18)9-11-5-3-2-4-6-11/h2-6,13H,7-9H2,1H3,(H,15,17)(H,16,18)(H,19,20)/t13-/m0/s1. The number of carboxylic acid groups (broad SMARTS) is 1. The van der Waals surface area contributed by atoms with E-state index in [0.29, 0.717) is 12.3 Å². The van der Waals surface area contributed by atoms with E-state index in [1.165, 1.54) is 6.92 Å². The minimum atomic E-state index is -1.11. The molecule has 0 bridgehead atoms. The molecule has 0 radical (unpaired) electrons. The number of benzene rings is 1. The maximum atomic E-state index is 11.8. The molecule has 1 aromatic rings. The molecule has 3 N–H and O–H groups in total. The number of carbonyl (C=O) groups is 3. The number of thioether (sulfide) groups is 1. The Bertz CT molecular complexity index is 493. The van der Waals surface area contributed by atoms with Gasteiger partial charge >= 0.3 is 5.97 Å². The molecule has 0 heterocycles. The lowest BCUT2D eigenvalue weighted by Gasteiger charge is -2.14. The number of amides is 2. The first-order valence-corrected chi connectivity index (χ1v) is 7.46. The molecule has 0 unspecified atom stereocenters. The van der Waals surface area contributed by atoms with Crippen LogP contribution in [0.5, 0.6) is 0 Å². The summed E-state index contributed by atoms with van der Waals surface area (Å²) < 4.78 is 0. The van der Waals surface area contributed by atoms with Crippen LogP contribution in [0.4, 0.5) is 0 Å². The van der Waals surface area contributed by atoms with Gasteiger partial charge in [0.05, 0.1) is 6.42 Å². The van der Waals surface area contributed by atoms with Crippen molar-refractivity contribution in [2.45, 2.75) is 18.7 Å². The molecule has 0 spiro atoms. The van der Waals surface area contributed by atoms with E-state index in [4.69, 9.17) is 5.11 Å². The Morgan fingerprint density at radius 3 is 2.48 bits per heavy atom. The van der Waals surface area contributed by atoms with Crippen LogP contribution in [-0.4, -0.2) is 40.6 Å². The van der Waals surface area contributed by atoms with Crippen LogP contribution >= 0.6 is 11.8 Å². The maximum absolute atomic E-state index is 11.8. The van der Waals surface area contributed by atoms with Crippen LogP contribution in [0.25, 0.3) is 0 Å². The van der Waals surface area contributed by atoms with Gasteiger partial charge in [0.15, 0.2) is 5.37 Å². The zero-order valence-corrected chi connectivity index (χ0v) is 12.5. The molecule has 1 aromatic carbocycles. The molecular weight excluding hydrogens is 292 g/mol. The molecule has 0 aromatic heterocycles. The van der Waals surface area contributed by atoms with E-state index < -0.39 is 11.3 Å². The van der Waals surface area contributed by atoms with Gasteiger partial charge in [-0.25, -0.2) is 4.79 Å². The molecule has 0 aliphatic heterocycles. The molecular formula is C14H18N2O4S. The fourth-order valence-corrected chi connectivity index (χ4v) is 2.37. The minimum absolute atomic E-state index is 0.136. The largest absolute Gasteiger partial charge is 0.479 e. The van der Waals surface area contributed by atoms with E-state index >= 15 is 0 Å². The van der Waals surface area contributed by atoms with Gasteiger partial charge in [-0.3, -0.25) is 9.59 Å². The van der Waals surface area contributed by atoms with Gasteiger partial charge in [0, 0.05) is 19.2 Å². The quantitative estimate of drug-likeness (QED) is 0.483. The Balaban J connectivity index is 2.41. The van der Waals surface area contributed by atoms with Crippen LogP contribution in [-0.2, 0) is 20.8 Å². The average molecular weight is 310 g/mol. The summed E-state index contributed by atoms with van der Waals surface area (Å²) in [5.41, 5.74) is 0.822. The number of carbonyl (C=O) groups excluding carboxylic acids is 2. The first-order valence-electron chi connectivity index (χ1n) is 6.41. The molecule has 7 heteroatoms. The van der Waals surface area contributed by atoms with Gasteiger partial charge in [-0.2, -0.15) is 0 Å². The monoisotopic (exact) mass is 310 g/mol. The molecule has 114 valence electrons. The van der Waals surface area contributed by atoms with Crippen LogP contribution < -0.4 is 10.6 Å². The van der Waals surface area contributed by atoms with Crippen LogP contribution in [0.15, 0.2) is 30.3 Å². The number of hydrogen-bond acceptors (Lipinski definition) is 4. The predicted octanol–water partition coefficient (Wildman–Crippen LogP) is 0.625. The molecule has 0 saturated carbocycles. The summed E-state index contributed by atoms with van der Waals surface area (Å²) >= 11 is 1.06. The third kappa shape index (κ3) is 7.36. The summed E-state index contributed by atoms with van der Waals surface area (Å²) in [6.45, 7) is 1.75. The van der Waals surface area contributed by atoms with Crippen molar-refractivity contribution in [1.29, 1.82) is 0 Å². The first kappa shape index (κ1) is 17.0. The summed E-state index contributed by atoms with van der Waals surface area (Å²) in [4.78, 5) is 33.6. The molecule has 1 atom stereocenters. The topological polar surface area (TPSA) is 95.5 Å². The molecule has 0 aliphatic rings. The molecule has 0 saturated heterocycles. The molecule has 1 rings (SSSR count). The number of carboxylic acids is 1. The highest BCUT2D eigenvalue weighted by molar-refractivity contribution is 8.00. The molecule has 6 nitrogen and oxygen atoms in total. The molecule has 2 amide bonds. The number of aliphatic carboxylic acids is 1. The summed E-state index contributed by atoms with van der Waals surface area (Å²) in [6.07, 6.45) is 0.136. The highest BCUT2D eigenvalue weighted by Crippen LogP contribution is 2.08. The van der Waals surface area contributed by atoms with Crippen molar-refractivity contribution in [3.8, 4) is 0 Å². The molecule has 21 heavy (non-hydrogen) atoms. The smallest absolute Gasteiger partial charge is 0.336 e. The average Bonchev–Trinajstić information content (AvgIpc) is 2.42. The van der Waals surface area contributed by atoms with Crippen molar-refractivity contribution in [3.05, 3.63) is 35.9 Å². The lowest BCUT2D eigenvalue weighted by Crippen LogP contribution is -2.40. The summed E-state index contributed by atoms with van der Waals surface area (Å²) in [5.74, 6) is -1.22. The number of rotatable bonds is 8. The van der Waals surface area contributed by atoms with Gasteiger partial charge in [0.25, 0.3) is 0 Å². The van der Waals surface area contributed by atoms with Crippen molar-refractivity contribution >= 4 is 29.5 Å². The Morgan fingerprint density at radius 2 is 1.90 bits per heavy atom. The van der Waals surface area contributed by atoms with Gasteiger partial charge in [0.2, 0.25) is 11.8 Å². The highest BCUT2D eigenvalue weighted by Gasteiger charge is 2.20. The summed E-state index contributed by atoms with van der Waals surface area (Å²) in [6, 6.07) is 9.09. The van der Waals surface area contributed by atoms with Crippen LogP contribution in [0.1, 0.15) is 12.5 Å². The van der Waals surface area contributed by atoms with Gasteiger partial charge < -0.3 is 15.7 Å². The van der Waals surface area contributed by atoms with Gasteiger partial charge in [-0.05, 0) is 5.56 Å². The van der Waals surface area contributed by atoms with Crippen molar-refractivity contribution in [1.82, 2.24) is 10.6 Å². The molecule has 0 fully saturated rings. The highest BCUT2D eigenvalue weighted by atomic mass is 32.2. The van der Waals surface area contributed by atoms with Crippen molar-refractivity contribution in [2.75, 3.05) is 12.3 Å². The third-order valence-electron chi connectivity index (χ3n) is 2.48. The van der Waals surface area contributed by atoms with E-state index in [9.17, 15) is 14.4 Å². The lowest BCUT2D eigenvalue weighted by atomic mass is 10.1. The number of hydrogen-bond donors (Lipinski definition) is 3.